The summed E-state index contributed by atoms with van der Waals surface area (Å²) in [5, 5.41) is 3.60. The van der Waals surface area contributed by atoms with E-state index < -0.39 is 0 Å². The summed E-state index contributed by atoms with van der Waals surface area (Å²) in [5.41, 5.74) is 2.16. The standard InChI is InChI=1S/C17H19ClN2O/c1-20(13-15-9-5-6-10-16(15)18)17(21)19-12-11-14-7-3-2-4-8-14/h2-10H,11-13H2,1H3,(H,19,21). The molecule has 2 rings (SSSR count). The first-order valence-corrected chi connectivity index (χ1v) is 7.31. The number of amides is 2. The number of benzene rings is 2. The third-order valence-electron chi connectivity index (χ3n) is 3.24. The van der Waals surface area contributed by atoms with E-state index in [0.29, 0.717) is 18.1 Å². The third kappa shape index (κ3) is 4.80. The lowest BCUT2D eigenvalue weighted by molar-refractivity contribution is 0.207. The highest BCUT2D eigenvalue weighted by Gasteiger charge is 2.09. The van der Waals surface area contributed by atoms with Crippen LogP contribution in [0, 0.1) is 0 Å². The highest BCUT2D eigenvalue weighted by Crippen LogP contribution is 2.16. The number of halogens is 1. The van der Waals surface area contributed by atoms with Gasteiger partial charge >= 0.3 is 6.03 Å². The van der Waals surface area contributed by atoms with Crippen molar-refractivity contribution in [1.29, 1.82) is 0 Å². The molecule has 0 saturated carbocycles. The van der Waals surface area contributed by atoms with Crippen molar-refractivity contribution >= 4 is 17.6 Å². The second kappa shape index (κ2) is 7.70. The summed E-state index contributed by atoms with van der Waals surface area (Å²) in [6, 6.07) is 17.6. The van der Waals surface area contributed by atoms with E-state index in [1.807, 2.05) is 42.5 Å². The SMILES string of the molecule is CN(Cc1ccccc1Cl)C(=O)NCCc1ccccc1. The van der Waals surface area contributed by atoms with Gasteiger partial charge in [0.1, 0.15) is 0 Å². The Morgan fingerprint density at radius 3 is 2.48 bits per heavy atom. The molecule has 2 aromatic carbocycles. The number of hydrogen-bond donors (Lipinski definition) is 1. The first-order valence-electron chi connectivity index (χ1n) is 6.93. The molecule has 0 aliphatic rings. The zero-order valence-corrected chi connectivity index (χ0v) is 12.8. The van der Waals surface area contributed by atoms with Gasteiger partial charge in [0.05, 0.1) is 0 Å². The van der Waals surface area contributed by atoms with E-state index in [1.54, 1.807) is 11.9 Å². The number of nitrogens with one attached hydrogen (secondary N) is 1. The highest BCUT2D eigenvalue weighted by molar-refractivity contribution is 6.31. The average Bonchev–Trinajstić information content (AvgIpc) is 2.50. The number of rotatable bonds is 5. The number of nitrogens with zero attached hydrogens (tertiary/aromatic N) is 1. The molecule has 21 heavy (non-hydrogen) atoms. The Morgan fingerprint density at radius 1 is 1.10 bits per heavy atom. The lowest BCUT2D eigenvalue weighted by Gasteiger charge is -2.18. The van der Waals surface area contributed by atoms with Crippen LogP contribution < -0.4 is 5.32 Å². The molecule has 0 spiro atoms. The summed E-state index contributed by atoms with van der Waals surface area (Å²) in [6.07, 6.45) is 0.826. The minimum absolute atomic E-state index is 0.0918. The van der Waals surface area contributed by atoms with E-state index in [4.69, 9.17) is 11.6 Å². The zero-order chi connectivity index (χ0) is 15.1. The molecule has 0 aliphatic carbocycles. The summed E-state index contributed by atoms with van der Waals surface area (Å²) < 4.78 is 0. The molecule has 0 heterocycles. The van der Waals surface area contributed by atoms with Crippen LogP contribution in [0.3, 0.4) is 0 Å². The third-order valence-corrected chi connectivity index (χ3v) is 3.61. The summed E-state index contributed by atoms with van der Waals surface area (Å²) in [7, 11) is 1.77. The van der Waals surface area contributed by atoms with Crippen molar-refractivity contribution in [2.45, 2.75) is 13.0 Å². The smallest absolute Gasteiger partial charge is 0.317 e. The van der Waals surface area contributed by atoms with Crippen molar-refractivity contribution < 1.29 is 4.79 Å². The average molecular weight is 303 g/mol. The van der Waals surface area contributed by atoms with Crippen LogP contribution in [-0.4, -0.2) is 24.5 Å². The normalized spacial score (nSPS) is 10.2. The lowest BCUT2D eigenvalue weighted by Crippen LogP contribution is -2.37. The monoisotopic (exact) mass is 302 g/mol. The van der Waals surface area contributed by atoms with Gasteiger partial charge in [0.2, 0.25) is 0 Å². The van der Waals surface area contributed by atoms with Crippen LogP contribution in [-0.2, 0) is 13.0 Å². The van der Waals surface area contributed by atoms with Crippen LogP contribution >= 0.6 is 11.6 Å². The Kier molecular flexibility index (Phi) is 5.64. The van der Waals surface area contributed by atoms with Crippen LogP contribution in [0.2, 0.25) is 5.02 Å². The molecule has 1 N–H and O–H groups in total. The maximum absolute atomic E-state index is 12.0. The largest absolute Gasteiger partial charge is 0.338 e. The molecule has 110 valence electrons. The molecule has 4 heteroatoms. The van der Waals surface area contributed by atoms with Gasteiger partial charge in [-0.15, -0.1) is 0 Å². The first-order chi connectivity index (χ1) is 10.2. The second-order valence-corrected chi connectivity index (χ2v) is 5.32. The van der Waals surface area contributed by atoms with Crippen LogP contribution in [0.4, 0.5) is 4.79 Å². The van der Waals surface area contributed by atoms with Gasteiger partial charge < -0.3 is 10.2 Å². The lowest BCUT2D eigenvalue weighted by atomic mass is 10.1. The van der Waals surface area contributed by atoms with Crippen molar-refractivity contribution in [3.63, 3.8) is 0 Å². The predicted octanol–water partition coefficient (Wildman–Crippen LogP) is 3.72. The van der Waals surface area contributed by atoms with E-state index in [0.717, 1.165) is 12.0 Å². The van der Waals surface area contributed by atoms with Crippen molar-refractivity contribution in [2.24, 2.45) is 0 Å². The van der Waals surface area contributed by atoms with Crippen molar-refractivity contribution in [3.05, 3.63) is 70.7 Å². The molecule has 0 unspecified atom stereocenters. The number of carbonyl (C=O) groups is 1. The maximum Gasteiger partial charge on any atom is 0.317 e. The van der Waals surface area contributed by atoms with Gasteiger partial charge in [-0.25, -0.2) is 4.79 Å². The zero-order valence-electron chi connectivity index (χ0n) is 12.1. The molecule has 2 amide bonds. The Hall–Kier alpha value is -2.00. The van der Waals surface area contributed by atoms with Crippen molar-refractivity contribution in [3.8, 4) is 0 Å². The fourth-order valence-electron chi connectivity index (χ4n) is 2.05. The molecular formula is C17H19ClN2O. The Labute approximate surface area is 130 Å². The molecule has 0 saturated heterocycles. The quantitative estimate of drug-likeness (QED) is 0.897. The maximum atomic E-state index is 12.0. The molecule has 3 nitrogen and oxygen atoms in total. The Balaban J connectivity index is 1.79. The molecule has 0 bridgehead atoms. The summed E-state index contributed by atoms with van der Waals surface area (Å²) in [4.78, 5) is 13.7. The van der Waals surface area contributed by atoms with E-state index in [2.05, 4.69) is 17.4 Å². The number of carbonyl (C=O) groups excluding carboxylic acids is 1. The van der Waals surface area contributed by atoms with Crippen LogP contribution in [0.15, 0.2) is 54.6 Å². The van der Waals surface area contributed by atoms with Crippen LogP contribution in [0.25, 0.3) is 0 Å². The van der Waals surface area contributed by atoms with Crippen LogP contribution in [0.1, 0.15) is 11.1 Å². The minimum Gasteiger partial charge on any atom is -0.338 e. The highest BCUT2D eigenvalue weighted by atomic mass is 35.5. The Bertz CT molecular complexity index is 586. The van der Waals surface area contributed by atoms with Gasteiger partial charge in [-0.05, 0) is 23.6 Å². The van der Waals surface area contributed by atoms with Gasteiger partial charge in [0, 0.05) is 25.2 Å². The van der Waals surface area contributed by atoms with Crippen molar-refractivity contribution in [2.75, 3.05) is 13.6 Å². The topological polar surface area (TPSA) is 32.3 Å². The van der Waals surface area contributed by atoms with Gasteiger partial charge in [0.25, 0.3) is 0 Å². The van der Waals surface area contributed by atoms with Gasteiger partial charge in [0.15, 0.2) is 0 Å². The van der Waals surface area contributed by atoms with Gasteiger partial charge in [-0.3, -0.25) is 0 Å². The molecule has 0 aliphatic heterocycles. The summed E-state index contributed by atoms with van der Waals surface area (Å²) >= 11 is 6.10. The summed E-state index contributed by atoms with van der Waals surface area (Å²) in [5.74, 6) is 0. The fourth-order valence-corrected chi connectivity index (χ4v) is 2.24. The van der Waals surface area contributed by atoms with E-state index >= 15 is 0 Å². The van der Waals surface area contributed by atoms with Crippen LogP contribution in [0.5, 0.6) is 0 Å². The molecule has 0 atom stereocenters. The number of hydrogen-bond acceptors (Lipinski definition) is 1. The predicted molar refractivity (Wildman–Crippen MR) is 86.5 cm³/mol. The van der Waals surface area contributed by atoms with E-state index in [1.165, 1.54) is 5.56 Å². The number of urea groups is 1. The first kappa shape index (κ1) is 15.4. The fraction of sp³-hybridized carbons (Fsp3) is 0.235. The molecule has 0 radical (unpaired) electrons. The van der Waals surface area contributed by atoms with Gasteiger partial charge in [-0.2, -0.15) is 0 Å². The Morgan fingerprint density at radius 2 is 1.76 bits per heavy atom. The van der Waals surface area contributed by atoms with E-state index in [9.17, 15) is 4.79 Å². The second-order valence-electron chi connectivity index (χ2n) is 4.91. The van der Waals surface area contributed by atoms with Crippen molar-refractivity contribution in [1.82, 2.24) is 10.2 Å². The van der Waals surface area contributed by atoms with Gasteiger partial charge in [-0.1, -0.05) is 60.1 Å². The van der Waals surface area contributed by atoms with E-state index in [-0.39, 0.29) is 6.03 Å². The molecule has 0 fully saturated rings. The molecule has 2 aromatic rings. The molecule has 0 aromatic heterocycles. The summed E-state index contributed by atoms with van der Waals surface area (Å²) in [6.45, 7) is 1.12. The molecular weight excluding hydrogens is 284 g/mol. The minimum atomic E-state index is -0.0918.